The van der Waals surface area contributed by atoms with Crippen molar-refractivity contribution in [2.75, 3.05) is 11.9 Å². The molecule has 2 aromatic rings. The maximum absolute atomic E-state index is 11.5. The normalized spacial score (nSPS) is 10.1. The van der Waals surface area contributed by atoms with Crippen LogP contribution in [0.3, 0.4) is 0 Å². The van der Waals surface area contributed by atoms with Gasteiger partial charge in [-0.1, -0.05) is 0 Å². The molecule has 21 heavy (non-hydrogen) atoms. The molecule has 0 aliphatic carbocycles. The summed E-state index contributed by atoms with van der Waals surface area (Å²) in [5.74, 6) is -1.53. The monoisotopic (exact) mass is 305 g/mol. The van der Waals surface area contributed by atoms with Crippen molar-refractivity contribution in [3.05, 3.63) is 40.9 Å². The summed E-state index contributed by atoms with van der Waals surface area (Å²) in [6.07, 6.45) is -0.208. The number of carboxylic acid groups (broad SMARTS) is 1. The number of hydrogen-bond acceptors (Lipinski definition) is 7. The molecule has 7 heteroatoms. The van der Waals surface area contributed by atoms with Crippen LogP contribution in [-0.4, -0.2) is 23.5 Å². The lowest BCUT2D eigenvalue weighted by atomic mass is 10.2. The number of carboxylic acids is 1. The summed E-state index contributed by atoms with van der Waals surface area (Å²) in [6, 6.07) is 6.75. The summed E-state index contributed by atoms with van der Waals surface area (Å²) in [6.45, 7) is 2.08. The third kappa shape index (κ3) is 4.28. The number of carbonyl (C=O) groups is 2. The number of carbonyl (C=O) groups excluding carboxylic acids is 2. The van der Waals surface area contributed by atoms with E-state index in [0.29, 0.717) is 23.0 Å². The quantitative estimate of drug-likeness (QED) is 0.810. The van der Waals surface area contributed by atoms with E-state index in [0.717, 1.165) is 5.69 Å². The molecular formula is C14H13N2O4S-. The van der Waals surface area contributed by atoms with Crippen molar-refractivity contribution in [2.24, 2.45) is 0 Å². The molecule has 0 aliphatic rings. The van der Waals surface area contributed by atoms with Gasteiger partial charge in [0.15, 0.2) is 5.13 Å². The second-order valence-electron chi connectivity index (χ2n) is 4.12. The fraction of sp³-hybridized carbons (Fsp3) is 0.214. The third-order valence-electron chi connectivity index (χ3n) is 2.52. The van der Waals surface area contributed by atoms with Gasteiger partial charge in [-0.3, -0.25) is 0 Å². The van der Waals surface area contributed by atoms with Crippen LogP contribution >= 0.6 is 11.3 Å². The molecule has 0 saturated carbocycles. The highest BCUT2D eigenvalue weighted by atomic mass is 32.1. The number of aliphatic carboxylic acids is 1. The average molecular weight is 305 g/mol. The van der Waals surface area contributed by atoms with Crippen molar-refractivity contribution in [1.82, 2.24) is 4.98 Å². The van der Waals surface area contributed by atoms with Gasteiger partial charge in [0.1, 0.15) is 0 Å². The Morgan fingerprint density at radius 3 is 2.67 bits per heavy atom. The summed E-state index contributed by atoms with van der Waals surface area (Å²) in [5, 5.41) is 15.8. The highest BCUT2D eigenvalue weighted by molar-refractivity contribution is 7.13. The predicted molar refractivity (Wildman–Crippen MR) is 76.5 cm³/mol. The highest BCUT2D eigenvalue weighted by Gasteiger charge is 2.07. The molecule has 0 spiro atoms. The Bertz CT molecular complexity index is 637. The second kappa shape index (κ2) is 6.85. The Hall–Kier alpha value is -2.41. The summed E-state index contributed by atoms with van der Waals surface area (Å²) in [7, 11) is 0. The molecule has 0 amide bonds. The number of benzene rings is 1. The van der Waals surface area contributed by atoms with E-state index in [1.165, 1.54) is 11.3 Å². The number of hydrogen-bond donors (Lipinski definition) is 1. The zero-order chi connectivity index (χ0) is 15.2. The van der Waals surface area contributed by atoms with Crippen LogP contribution in [-0.2, 0) is 16.0 Å². The van der Waals surface area contributed by atoms with E-state index in [4.69, 9.17) is 4.74 Å². The molecule has 1 N–H and O–H groups in total. The van der Waals surface area contributed by atoms with Gasteiger partial charge in [0.25, 0.3) is 0 Å². The van der Waals surface area contributed by atoms with Gasteiger partial charge in [-0.15, -0.1) is 11.3 Å². The van der Waals surface area contributed by atoms with Crippen LogP contribution in [0.1, 0.15) is 23.0 Å². The molecule has 110 valence electrons. The third-order valence-corrected chi connectivity index (χ3v) is 3.33. The number of nitrogens with one attached hydrogen (secondary N) is 1. The molecular weight excluding hydrogens is 292 g/mol. The zero-order valence-electron chi connectivity index (χ0n) is 11.3. The molecule has 0 saturated heterocycles. The van der Waals surface area contributed by atoms with Gasteiger partial charge in [0.05, 0.1) is 17.9 Å². The molecule has 0 unspecified atom stereocenters. The van der Waals surface area contributed by atoms with Crippen LogP contribution in [0.4, 0.5) is 10.8 Å². The fourth-order valence-corrected chi connectivity index (χ4v) is 2.35. The van der Waals surface area contributed by atoms with Gasteiger partial charge in [-0.05, 0) is 31.2 Å². The topological polar surface area (TPSA) is 91.3 Å². The standard InChI is InChI=1S/C14H14N2O4S/c1-2-20-13(19)9-3-5-10(6-4-9)15-14-16-11(8-21-14)7-12(17)18/h3-6,8H,2,7H2,1H3,(H,15,16)(H,17,18)/p-1. The van der Waals surface area contributed by atoms with Crippen LogP contribution in [0, 0.1) is 0 Å². The first-order valence-corrected chi connectivity index (χ1v) is 7.15. The number of rotatable bonds is 6. The molecule has 0 fully saturated rings. The van der Waals surface area contributed by atoms with Gasteiger partial charge < -0.3 is 20.0 Å². The molecule has 0 bridgehead atoms. The van der Waals surface area contributed by atoms with Crippen molar-refractivity contribution in [3.8, 4) is 0 Å². The first-order valence-electron chi connectivity index (χ1n) is 6.27. The molecule has 6 nitrogen and oxygen atoms in total. The molecule has 1 heterocycles. The van der Waals surface area contributed by atoms with Crippen molar-refractivity contribution in [2.45, 2.75) is 13.3 Å². The number of aromatic nitrogens is 1. The van der Waals surface area contributed by atoms with Gasteiger partial charge >= 0.3 is 5.97 Å². The lowest BCUT2D eigenvalue weighted by Gasteiger charge is -2.05. The van der Waals surface area contributed by atoms with E-state index >= 15 is 0 Å². The Morgan fingerprint density at radius 1 is 1.33 bits per heavy atom. The first kappa shape index (κ1) is 15.0. The zero-order valence-corrected chi connectivity index (χ0v) is 12.1. The molecule has 2 rings (SSSR count). The number of anilines is 2. The van der Waals surface area contributed by atoms with Crippen molar-refractivity contribution in [3.63, 3.8) is 0 Å². The van der Waals surface area contributed by atoms with Crippen LogP contribution in [0.5, 0.6) is 0 Å². The summed E-state index contributed by atoms with van der Waals surface area (Å²) in [4.78, 5) is 26.1. The van der Waals surface area contributed by atoms with Crippen LogP contribution in [0.15, 0.2) is 29.6 Å². The minimum absolute atomic E-state index is 0.208. The number of ether oxygens (including phenoxy) is 1. The highest BCUT2D eigenvalue weighted by Crippen LogP contribution is 2.21. The minimum atomic E-state index is -1.16. The van der Waals surface area contributed by atoms with Crippen LogP contribution < -0.4 is 10.4 Å². The Morgan fingerprint density at radius 2 is 2.05 bits per heavy atom. The minimum Gasteiger partial charge on any atom is -0.550 e. The lowest BCUT2D eigenvalue weighted by molar-refractivity contribution is -0.304. The Kier molecular flexibility index (Phi) is 4.89. The largest absolute Gasteiger partial charge is 0.550 e. The van der Waals surface area contributed by atoms with E-state index in [-0.39, 0.29) is 12.4 Å². The maximum Gasteiger partial charge on any atom is 0.338 e. The SMILES string of the molecule is CCOC(=O)c1ccc(Nc2nc(CC(=O)[O-])cs2)cc1. The molecule has 0 aliphatic heterocycles. The Labute approximate surface area is 125 Å². The Balaban J connectivity index is 2.01. The van der Waals surface area contributed by atoms with Crippen molar-refractivity contribution >= 4 is 34.1 Å². The summed E-state index contributed by atoms with van der Waals surface area (Å²) < 4.78 is 4.90. The number of nitrogens with zero attached hydrogens (tertiary/aromatic N) is 1. The van der Waals surface area contributed by atoms with E-state index in [1.54, 1.807) is 36.6 Å². The van der Waals surface area contributed by atoms with Crippen LogP contribution in [0.2, 0.25) is 0 Å². The number of esters is 1. The molecule has 0 radical (unpaired) electrons. The number of thiazole rings is 1. The molecule has 1 aromatic heterocycles. The van der Waals surface area contributed by atoms with Crippen LogP contribution in [0.25, 0.3) is 0 Å². The van der Waals surface area contributed by atoms with E-state index in [1.807, 2.05) is 0 Å². The molecule has 0 atom stereocenters. The first-order chi connectivity index (χ1) is 10.1. The smallest absolute Gasteiger partial charge is 0.338 e. The van der Waals surface area contributed by atoms with E-state index < -0.39 is 5.97 Å². The van der Waals surface area contributed by atoms with Crippen molar-refractivity contribution < 1.29 is 19.4 Å². The van der Waals surface area contributed by atoms with Gasteiger partial charge in [0, 0.05) is 23.5 Å². The summed E-state index contributed by atoms with van der Waals surface area (Å²) in [5.41, 5.74) is 1.67. The maximum atomic E-state index is 11.5. The predicted octanol–water partition coefficient (Wildman–Crippen LogP) is 1.36. The van der Waals surface area contributed by atoms with Gasteiger partial charge in [-0.2, -0.15) is 0 Å². The van der Waals surface area contributed by atoms with Gasteiger partial charge in [-0.25, -0.2) is 9.78 Å². The second-order valence-corrected chi connectivity index (χ2v) is 4.97. The van der Waals surface area contributed by atoms with Crippen molar-refractivity contribution in [1.29, 1.82) is 0 Å². The van der Waals surface area contributed by atoms with E-state index in [2.05, 4.69) is 10.3 Å². The van der Waals surface area contributed by atoms with Gasteiger partial charge in [0.2, 0.25) is 0 Å². The summed E-state index contributed by atoms with van der Waals surface area (Å²) >= 11 is 1.30. The van der Waals surface area contributed by atoms with E-state index in [9.17, 15) is 14.7 Å². The lowest BCUT2D eigenvalue weighted by Crippen LogP contribution is -2.24. The fourth-order valence-electron chi connectivity index (χ4n) is 1.62. The molecule has 1 aromatic carbocycles. The average Bonchev–Trinajstić information content (AvgIpc) is 2.86.